The molecule has 0 radical (unpaired) electrons. The molecule has 3 amide bonds. The molecular weight excluding hydrogens is 392 g/mol. The van der Waals surface area contributed by atoms with Crippen LogP contribution in [0.1, 0.15) is 44.7 Å². The first-order chi connectivity index (χ1) is 14.9. The lowest BCUT2D eigenvalue weighted by atomic mass is 9.92. The Balaban J connectivity index is 1.74. The van der Waals surface area contributed by atoms with E-state index in [0.29, 0.717) is 11.3 Å². The highest BCUT2D eigenvalue weighted by Gasteiger charge is 2.49. The van der Waals surface area contributed by atoms with Gasteiger partial charge in [0.15, 0.2) is 0 Å². The van der Waals surface area contributed by atoms with E-state index in [2.05, 4.69) is 29.2 Å². The second-order valence-electron chi connectivity index (χ2n) is 7.72. The Morgan fingerprint density at radius 2 is 1.65 bits per heavy atom. The molecule has 7 nitrogen and oxygen atoms in total. The molecule has 0 unspecified atom stereocenters. The Morgan fingerprint density at radius 3 is 2.19 bits per heavy atom. The molecule has 0 bridgehead atoms. The summed E-state index contributed by atoms with van der Waals surface area (Å²) in [4.78, 5) is 27.8. The van der Waals surface area contributed by atoms with Gasteiger partial charge in [-0.1, -0.05) is 38.1 Å². The van der Waals surface area contributed by atoms with Gasteiger partial charge in [-0.2, -0.15) is 5.10 Å². The van der Waals surface area contributed by atoms with Crippen LogP contribution < -0.4 is 15.0 Å². The van der Waals surface area contributed by atoms with Crippen molar-refractivity contribution in [3.63, 3.8) is 0 Å². The summed E-state index contributed by atoms with van der Waals surface area (Å²) in [6, 6.07) is 14.5. The van der Waals surface area contributed by atoms with Crippen molar-refractivity contribution in [2.45, 2.75) is 39.2 Å². The summed E-state index contributed by atoms with van der Waals surface area (Å²) in [5.74, 6) is 0.256. The number of nitrogens with one attached hydrogen (secondary N) is 1. The number of amides is 3. The molecule has 7 heteroatoms. The maximum Gasteiger partial charge on any atom is 0.346 e. The van der Waals surface area contributed by atoms with E-state index in [1.54, 1.807) is 38.3 Å². The smallest absolute Gasteiger partial charge is 0.346 e. The minimum atomic E-state index is -1.18. The normalized spacial score (nSPS) is 18.5. The lowest BCUT2D eigenvalue weighted by Gasteiger charge is -2.23. The molecule has 2 aromatic rings. The molecule has 2 aromatic carbocycles. The van der Waals surface area contributed by atoms with Crippen molar-refractivity contribution in [2.24, 2.45) is 5.10 Å². The van der Waals surface area contributed by atoms with E-state index in [-0.39, 0.29) is 0 Å². The van der Waals surface area contributed by atoms with Crippen LogP contribution in [0.15, 0.2) is 53.6 Å². The van der Waals surface area contributed by atoms with Gasteiger partial charge >= 0.3 is 6.03 Å². The highest BCUT2D eigenvalue weighted by atomic mass is 16.5. The number of ether oxygens (including phenoxy) is 1. The van der Waals surface area contributed by atoms with Gasteiger partial charge in [0, 0.05) is 18.8 Å². The van der Waals surface area contributed by atoms with Crippen LogP contribution in [0.4, 0.5) is 10.5 Å². The average Bonchev–Trinajstić information content (AvgIpc) is 3.01. The number of carbonyl (C=O) groups excluding carboxylic acids is 2. The minimum Gasteiger partial charge on any atom is -0.497 e. The second-order valence-corrected chi connectivity index (χ2v) is 7.72. The van der Waals surface area contributed by atoms with E-state index in [9.17, 15) is 9.59 Å². The number of carbonyl (C=O) groups is 2. The van der Waals surface area contributed by atoms with Crippen LogP contribution in [0.5, 0.6) is 5.75 Å². The molecule has 0 saturated carbocycles. The molecule has 1 aliphatic rings. The molecule has 1 N–H and O–H groups in total. The van der Waals surface area contributed by atoms with E-state index in [0.717, 1.165) is 42.2 Å². The van der Waals surface area contributed by atoms with Gasteiger partial charge in [0.1, 0.15) is 11.3 Å². The van der Waals surface area contributed by atoms with Crippen molar-refractivity contribution in [1.29, 1.82) is 0 Å². The summed E-state index contributed by atoms with van der Waals surface area (Å²) in [5.41, 5.74) is 1.46. The van der Waals surface area contributed by atoms with Crippen LogP contribution in [0, 0.1) is 0 Å². The van der Waals surface area contributed by atoms with Crippen molar-refractivity contribution < 1.29 is 14.3 Å². The fourth-order valence-electron chi connectivity index (χ4n) is 3.65. The summed E-state index contributed by atoms with van der Waals surface area (Å²) in [6.45, 7) is 8.03. The van der Waals surface area contributed by atoms with Crippen molar-refractivity contribution >= 4 is 23.8 Å². The molecule has 1 fully saturated rings. The van der Waals surface area contributed by atoms with E-state index >= 15 is 0 Å². The standard InChI is InChI=1S/C24H30N4O3/c1-5-15-27(16-6-2)20-11-7-18(8-12-20)17-25-28-22(29)24(3,26-23(28)30)19-9-13-21(31-4)14-10-19/h7-14,17H,5-6,15-16H2,1-4H3,(H,26,30)/b25-17-/t24-/m1/s1. The third-order valence-corrected chi connectivity index (χ3v) is 5.40. The van der Waals surface area contributed by atoms with Gasteiger partial charge in [0.25, 0.3) is 5.91 Å². The number of imide groups is 1. The Labute approximate surface area is 183 Å². The molecule has 1 heterocycles. The zero-order chi connectivity index (χ0) is 22.4. The third-order valence-electron chi connectivity index (χ3n) is 5.40. The molecule has 164 valence electrons. The predicted molar refractivity (Wildman–Crippen MR) is 123 cm³/mol. The molecule has 1 atom stereocenters. The topological polar surface area (TPSA) is 74.2 Å². The summed E-state index contributed by atoms with van der Waals surface area (Å²) in [6.07, 6.45) is 3.70. The van der Waals surface area contributed by atoms with Crippen molar-refractivity contribution in [2.75, 3.05) is 25.1 Å². The lowest BCUT2D eigenvalue weighted by Crippen LogP contribution is -2.40. The number of urea groups is 1. The SMILES string of the molecule is CCCN(CCC)c1ccc(/C=N\N2C(=O)N[C@](C)(c3ccc(OC)cc3)C2=O)cc1. The molecule has 0 spiro atoms. The highest BCUT2D eigenvalue weighted by molar-refractivity contribution is 6.07. The number of rotatable bonds is 9. The fraction of sp³-hybridized carbons (Fsp3) is 0.375. The van der Waals surface area contributed by atoms with Gasteiger partial charge in [-0.3, -0.25) is 4.79 Å². The summed E-state index contributed by atoms with van der Waals surface area (Å²) >= 11 is 0. The van der Waals surface area contributed by atoms with Crippen LogP contribution in [-0.2, 0) is 10.3 Å². The number of hydrogen-bond acceptors (Lipinski definition) is 5. The summed E-state index contributed by atoms with van der Waals surface area (Å²) < 4.78 is 5.16. The highest BCUT2D eigenvalue weighted by Crippen LogP contribution is 2.30. The molecule has 31 heavy (non-hydrogen) atoms. The first-order valence-electron chi connectivity index (χ1n) is 10.6. The van der Waals surface area contributed by atoms with E-state index in [1.165, 1.54) is 6.21 Å². The number of hydrogen-bond donors (Lipinski definition) is 1. The van der Waals surface area contributed by atoms with E-state index < -0.39 is 17.5 Å². The number of anilines is 1. The van der Waals surface area contributed by atoms with Crippen molar-refractivity contribution in [3.8, 4) is 5.75 Å². The van der Waals surface area contributed by atoms with E-state index in [4.69, 9.17) is 4.74 Å². The monoisotopic (exact) mass is 422 g/mol. The molecular formula is C24H30N4O3. The number of nitrogens with zero attached hydrogens (tertiary/aromatic N) is 3. The molecule has 0 aliphatic carbocycles. The van der Waals surface area contributed by atoms with Crippen LogP contribution in [0.2, 0.25) is 0 Å². The largest absolute Gasteiger partial charge is 0.497 e. The van der Waals surface area contributed by atoms with E-state index in [1.807, 2.05) is 24.3 Å². The molecule has 0 aromatic heterocycles. The van der Waals surface area contributed by atoms with Crippen molar-refractivity contribution in [1.82, 2.24) is 10.3 Å². The van der Waals surface area contributed by atoms with Crippen LogP contribution in [0.25, 0.3) is 0 Å². The number of hydrazone groups is 1. The fourth-order valence-corrected chi connectivity index (χ4v) is 3.65. The Bertz CT molecular complexity index is 934. The second kappa shape index (κ2) is 9.64. The minimum absolute atomic E-state index is 0.424. The molecule has 1 saturated heterocycles. The summed E-state index contributed by atoms with van der Waals surface area (Å²) in [5, 5.41) is 7.80. The predicted octanol–water partition coefficient (Wildman–Crippen LogP) is 4.12. The molecule has 3 rings (SSSR count). The maximum absolute atomic E-state index is 13.0. The number of benzene rings is 2. The lowest BCUT2D eigenvalue weighted by molar-refractivity contribution is -0.131. The van der Waals surface area contributed by atoms with Crippen LogP contribution in [-0.4, -0.2) is 43.4 Å². The van der Waals surface area contributed by atoms with Gasteiger partial charge in [-0.25, -0.2) is 4.79 Å². The Hall–Kier alpha value is -3.35. The van der Waals surface area contributed by atoms with Crippen LogP contribution in [0.3, 0.4) is 0 Å². The van der Waals surface area contributed by atoms with Gasteiger partial charge in [-0.15, -0.1) is 5.01 Å². The quantitative estimate of drug-likeness (QED) is 0.487. The average molecular weight is 423 g/mol. The molecule has 1 aliphatic heterocycles. The van der Waals surface area contributed by atoms with Gasteiger partial charge < -0.3 is 15.0 Å². The summed E-state index contributed by atoms with van der Waals surface area (Å²) in [7, 11) is 1.58. The first kappa shape index (κ1) is 22.3. The van der Waals surface area contributed by atoms with Crippen molar-refractivity contribution in [3.05, 3.63) is 59.7 Å². The van der Waals surface area contributed by atoms with Gasteiger partial charge in [-0.05, 0) is 55.2 Å². The zero-order valence-corrected chi connectivity index (χ0v) is 18.6. The number of methoxy groups -OCH3 is 1. The Kier molecular flexibility index (Phi) is 6.95. The maximum atomic E-state index is 13.0. The Morgan fingerprint density at radius 1 is 1.03 bits per heavy atom. The third kappa shape index (κ3) is 4.71. The zero-order valence-electron chi connectivity index (χ0n) is 18.6. The van der Waals surface area contributed by atoms with Gasteiger partial charge in [0.2, 0.25) is 0 Å². The first-order valence-corrected chi connectivity index (χ1v) is 10.6. The van der Waals surface area contributed by atoms with Gasteiger partial charge in [0.05, 0.1) is 13.3 Å². The van der Waals surface area contributed by atoms with Crippen LogP contribution >= 0.6 is 0 Å².